The summed E-state index contributed by atoms with van der Waals surface area (Å²) in [5.41, 5.74) is 0. The monoisotopic (exact) mass is 212 g/mol. The smallest absolute Gasteiger partial charge is 0.302 e. The van der Waals surface area contributed by atoms with E-state index in [1.54, 1.807) is 0 Å². The van der Waals surface area contributed by atoms with E-state index in [1.165, 1.54) is 6.92 Å². The fourth-order valence-corrected chi connectivity index (χ4v) is 0.982. The highest BCUT2D eigenvalue weighted by Crippen LogP contribution is 2.04. The molecule has 0 aromatic heterocycles. The maximum Gasteiger partial charge on any atom is 0.302 e. The second-order valence-electron chi connectivity index (χ2n) is 2.20. The highest BCUT2D eigenvalue weighted by molar-refractivity contribution is 6.38. The van der Waals surface area contributed by atoms with Gasteiger partial charge in [0.1, 0.15) is 0 Å². The quantitative estimate of drug-likeness (QED) is 0.511. The first-order chi connectivity index (χ1) is 5.57. The molecule has 0 aliphatic carbocycles. The minimum Gasteiger partial charge on any atom is -0.466 e. The van der Waals surface area contributed by atoms with Crippen molar-refractivity contribution in [2.45, 2.75) is 18.7 Å². The average molecular weight is 213 g/mol. The van der Waals surface area contributed by atoms with E-state index < -0.39 is 5.38 Å². The minimum atomic E-state index is -0.651. The molecule has 0 radical (unpaired) electrons. The lowest BCUT2D eigenvalue weighted by Crippen LogP contribution is -2.18. The number of hydrogen-bond donors (Lipinski definition) is 0. The summed E-state index contributed by atoms with van der Waals surface area (Å²) in [6, 6.07) is 0. The SMILES string of the molecule is CC(=O)OCCC(Cl)C(=O)CCl. The highest BCUT2D eigenvalue weighted by Gasteiger charge is 2.13. The van der Waals surface area contributed by atoms with E-state index >= 15 is 0 Å². The van der Waals surface area contributed by atoms with Gasteiger partial charge in [0.2, 0.25) is 0 Å². The van der Waals surface area contributed by atoms with Crippen molar-refractivity contribution in [2.24, 2.45) is 0 Å². The van der Waals surface area contributed by atoms with Crippen molar-refractivity contribution in [1.82, 2.24) is 0 Å². The molecule has 0 fully saturated rings. The van der Waals surface area contributed by atoms with E-state index in [-0.39, 0.29) is 24.2 Å². The van der Waals surface area contributed by atoms with E-state index in [4.69, 9.17) is 23.2 Å². The highest BCUT2D eigenvalue weighted by atomic mass is 35.5. The summed E-state index contributed by atoms with van der Waals surface area (Å²) in [6.07, 6.45) is 0.312. The van der Waals surface area contributed by atoms with Crippen molar-refractivity contribution >= 4 is 35.0 Å². The van der Waals surface area contributed by atoms with E-state index in [9.17, 15) is 9.59 Å². The first-order valence-electron chi connectivity index (χ1n) is 3.44. The molecule has 0 bridgehead atoms. The third-order valence-corrected chi connectivity index (χ3v) is 1.88. The lowest BCUT2D eigenvalue weighted by Gasteiger charge is -2.05. The van der Waals surface area contributed by atoms with Crippen LogP contribution in [0.3, 0.4) is 0 Å². The zero-order valence-corrected chi connectivity index (χ0v) is 8.19. The van der Waals surface area contributed by atoms with E-state index in [0.717, 1.165) is 0 Å². The number of rotatable bonds is 5. The molecule has 0 N–H and O–H groups in total. The average Bonchev–Trinajstić information content (AvgIpc) is 2.02. The molecule has 0 aliphatic heterocycles. The lowest BCUT2D eigenvalue weighted by molar-refractivity contribution is -0.141. The van der Waals surface area contributed by atoms with Gasteiger partial charge in [0.15, 0.2) is 5.78 Å². The number of esters is 1. The number of ketones is 1. The normalized spacial score (nSPS) is 12.2. The Morgan fingerprint density at radius 2 is 2.08 bits per heavy atom. The Balaban J connectivity index is 3.50. The molecular weight excluding hydrogens is 203 g/mol. The first kappa shape index (κ1) is 11.7. The number of hydrogen-bond acceptors (Lipinski definition) is 3. The maximum absolute atomic E-state index is 10.8. The molecule has 0 amide bonds. The molecule has 0 spiro atoms. The minimum absolute atomic E-state index is 0.103. The van der Waals surface area contributed by atoms with Gasteiger partial charge in [-0.05, 0) is 0 Å². The largest absolute Gasteiger partial charge is 0.466 e. The Hall–Kier alpha value is -0.280. The fraction of sp³-hybridized carbons (Fsp3) is 0.714. The van der Waals surface area contributed by atoms with Crippen LogP contribution in [0.1, 0.15) is 13.3 Å². The van der Waals surface area contributed by atoms with Gasteiger partial charge in [-0.3, -0.25) is 9.59 Å². The number of Topliss-reactive ketones (excluding diaryl/α,β-unsaturated/α-hetero) is 1. The summed E-state index contributed by atoms with van der Waals surface area (Å²) >= 11 is 10.8. The van der Waals surface area contributed by atoms with Gasteiger partial charge in [-0.2, -0.15) is 0 Å². The second kappa shape index (κ2) is 6.26. The van der Waals surface area contributed by atoms with Gasteiger partial charge in [0.05, 0.1) is 17.9 Å². The Morgan fingerprint density at radius 1 is 1.50 bits per heavy atom. The molecule has 70 valence electrons. The zero-order valence-electron chi connectivity index (χ0n) is 6.68. The number of ether oxygens (including phenoxy) is 1. The molecular formula is C7H10Cl2O3. The maximum atomic E-state index is 10.8. The summed E-state index contributed by atoms with van der Waals surface area (Å²) < 4.78 is 4.59. The lowest BCUT2D eigenvalue weighted by atomic mass is 10.2. The Kier molecular flexibility index (Phi) is 6.11. The van der Waals surface area contributed by atoms with Crippen molar-refractivity contribution in [3.8, 4) is 0 Å². The van der Waals surface area contributed by atoms with Crippen LogP contribution < -0.4 is 0 Å². The summed E-state index contributed by atoms with van der Waals surface area (Å²) in [5, 5.41) is -0.651. The molecule has 0 rings (SSSR count). The predicted molar refractivity (Wildman–Crippen MR) is 46.6 cm³/mol. The molecule has 5 heteroatoms. The second-order valence-corrected chi connectivity index (χ2v) is 2.99. The fourth-order valence-electron chi connectivity index (χ4n) is 0.551. The van der Waals surface area contributed by atoms with Gasteiger partial charge in [0.25, 0.3) is 0 Å². The van der Waals surface area contributed by atoms with E-state index in [0.29, 0.717) is 6.42 Å². The standard InChI is InChI=1S/C7H10Cl2O3/c1-5(10)12-3-2-6(9)7(11)4-8/h6H,2-4H2,1H3. The third kappa shape index (κ3) is 5.38. The van der Waals surface area contributed by atoms with Gasteiger partial charge >= 0.3 is 5.97 Å². The van der Waals surface area contributed by atoms with Crippen LogP contribution in [0.5, 0.6) is 0 Å². The van der Waals surface area contributed by atoms with Crippen LogP contribution in [0.2, 0.25) is 0 Å². The molecule has 3 nitrogen and oxygen atoms in total. The van der Waals surface area contributed by atoms with Gasteiger partial charge in [0, 0.05) is 13.3 Å². The van der Waals surface area contributed by atoms with Crippen LogP contribution in [-0.2, 0) is 14.3 Å². The Morgan fingerprint density at radius 3 is 2.50 bits per heavy atom. The number of carbonyl (C=O) groups excluding carboxylic acids is 2. The van der Waals surface area contributed by atoms with Crippen molar-refractivity contribution < 1.29 is 14.3 Å². The van der Waals surface area contributed by atoms with Crippen LogP contribution in [0, 0.1) is 0 Å². The van der Waals surface area contributed by atoms with Crippen LogP contribution in [-0.4, -0.2) is 29.6 Å². The van der Waals surface area contributed by atoms with E-state index in [1.807, 2.05) is 0 Å². The molecule has 0 saturated carbocycles. The number of halogens is 2. The molecule has 0 aliphatic rings. The Bertz CT molecular complexity index is 170. The number of carbonyl (C=O) groups is 2. The van der Waals surface area contributed by atoms with Crippen molar-refractivity contribution in [1.29, 1.82) is 0 Å². The zero-order chi connectivity index (χ0) is 9.56. The number of alkyl halides is 2. The molecule has 0 saturated heterocycles. The molecule has 12 heavy (non-hydrogen) atoms. The van der Waals surface area contributed by atoms with Gasteiger partial charge in [-0.25, -0.2) is 0 Å². The molecule has 1 unspecified atom stereocenters. The predicted octanol–water partition coefficient (Wildman–Crippen LogP) is 1.35. The Labute approximate surface area is 81.0 Å². The van der Waals surface area contributed by atoms with Crippen molar-refractivity contribution in [3.05, 3.63) is 0 Å². The van der Waals surface area contributed by atoms with E-state index in [2.05, 4.69) is 4.74 Å². The van der Waals surface area contributed by atoms with Crippen LogP contribution in [0.15, 0.2) is 0 Å². The molecule has 0 aromatic carbocycles. The molecule has 1 atom stereocenters. The topological polar surface area (TPSA) is 43.4 Å². The molecule has 0 heterocycles. The summed E-state index contributed by atoms with van der Waals surface area (Å²) in [5.74, 6) is -0.725. The van der Waals surface area contributed by atoms with Crippen LogP contribution in [0.25, 0.3) is 0 Å². The summed E-state index contributed by atoms with van der Waals surface area (Å²) in [7, 11) is 0. The van der Waals surface area contributed by atoms with Crippen molar-refractivity contribution in [2.75, 3.05) is 12.5 Å². The van der Waals surface area contributed by atoms with Gasteiger partial charge < -0.3 is 4.74 Å². The van der Waals surface area contributed by atoms with Crippen molar-refractivity contribution in [3.63, 3.8) is 0 Å². The van der Waals surface area contributed by atoms with Gasteiger partial charge in [-0.1, -0.05) is 0 Å². The van der Waals surface area contributed by atoms with Crippen LogP contribution >= 0.6 is 23.2 Å². The molecule has 0 aromatic rings. The third-order valence-electron chi connectivity index (χ3n) is 1.16. The van der Waals surface area contributed by atoms with Gasteiger partial charge in [-0.15, -0.1) is 23.2 Å². The first-order valence-corrected chi connectivity index (χ1v) is 4.41. The van der Waals surface area contributed by atoms with Crippen LogP contribution in [0.4, 0.5) is 0 Å². The summed E-state index contributed by atoms with van der Waals surface area (Å²) in [6.45, 7) is 1.46. The summed E-state index contributed by atoms with van der Waals surface area (Å²) in [4.78, 5) is 21.1.